The number of piperidine rings is 2. The van der Waals surface area contributed by atoms with Crippen LogP contribution in [-0.2, 0) is 16.4 Å². The van der Waals surface area contributed by atoms with E-state index in [1.807, 2.05) is 61.5 Å². The molecule has 2 saturated heterocycles. The minimum atomic E-state index is -3.51. The molecule has 0 bridgehead atoms. The molecule has 3 aromatic carbocycles. The van der Waals surface area contributed by atoms with Crippen molar-refractivity contribution < 1.29 is 13.2 Å². The first-order valence-electron chi connectivity index (χ1n) is 15.9. The number of hydrogen-bond donors (Lipinski definition) is 1. The highest BCUT2D eigenvalue weighted by molar-refractivity contribution is 9.10. The third-order valence-corrected chi connectivity index (χ3v) is 10.9. The summed E-state index contributed by atoms with van der Waals surface area (Å²) in [6.45, 7) is 6.77. The van der Waals surface area contributed by atoms with Gasteiger partial charge in [-0.25, -0.2) is 13.4 Å². The maximum absolute atomic E-state index is 14.5. The quantitative estimate of drug-likeness (QED) is 0.215. The van der Waals surface area contributed by atoms with Crippen molar-refractivity contribution in [1.29, 1.82) is 0 Å². The Balaban J connectivity index is 1.45. The van der Waals surface area contributed by atoms with Gasteiger partial charge in [-0.1, -0.05) is 64.8 Å². The maximum atomic E-state index is 14.5. The van der Waals surface area contributed by atoms with Gasteiger partial charge in [0.2, 0.25) is 0 Å². The van der Waals surface area contributed by atoms with Crippen LogP contribution < -0.4 is 5.32 Å². The highest BCUT2D eigenvalue weighted by atomic mass is 79.9. The lowest BCUT2D eigenvalue weighted by Gasteiger charge is -2.40. The van der Waals surface area contributed by atoms with E-state index in [4.69, 9.17) is 4.98 Å². The summed E-state index contributed by atoms with van der Waals surface area (Å²) in [6.07, 6.45) is 7.29. The number of aromatic nitrogens is 1. The summed E-state index contributed by atoms with van der Waals surface area (Å²) in [5.74, 6) is -0.237. The Morgan fingerprint density at radius 3 is 2.38 bits per heavy atom. The standard InChI is InChI=1S/C36H41BrN4O3S/c1-25(26-10-5-3-6-11-26)38-36(42)34-31-23-30(45(2,43)44)14-15-33(31)39-35(27-12-9-13-28(37)22-27)32(34)24-40-20-16-29(17-21-40)41-18-7-4-8-19-41/h3,5-6,9-15,22-23,25,29H,4,7-8,16-21,24H2,1-2H3,(H,38,42)/t25-/m0/s1. The first-order chi connectivity index (χ1) is 21.7. The topological polar surface area (TPSA) is 82.6 Å². The van der Waals surface area contributed by atoms with Crippen LogP contribution in [-0.4, -0.2) is 67.6 Å². The summed E-state index contributed by atoms with van der Waals surface area (Å²) in [6, 6.07) is 23.1. The van der Waals surface area contributed by atoms with Crippen molar-refractivity contribution in [2.75, 3.05) is 32.4 Å². The normalized spacial score (nSPS) is 17.8. The molecule has 1 amide bonds. The van der Waals surface area contributed by atoms with Gasteiger partial charge in [-0.05, 0) is 94.7 Å². The van der Waals surface area contributed by atoms with Crippen molar-refractivity contribution in [3.8, 4) is 11.3 Å². The Morgan fingerprint density at radius 1 is 0.956 bits per heavy atom. The lowest BCUT2D eigenvalue weighted by molar-refractivity contribution is 0.0883. The predicted molar refractivity (Wildman–Crippen MR) is 184 cm³/mol. The first-order valence-corrected chi connectivity index (χ1v) is 18.6. The molecule has 3 heterocycles. The molecule has 9 heteroatoms. The summed E-state index contributed by atoms with van der Waals surface area (Å²) < 4.78 is 26.3. The van der Waals surface area contributed by atoms with E-state index in [1.165, 1.54) is 38.6 Å². The monoisotopic (exact) mass is 688 g/mol. The number of rotatable bonds is 8. The van der Waals surface area contributed by atoms with Gasteiger partial charge in [0.05, 0.1) is 27.7 Å². The van der Waals surface area contributed by atoms with Gasteiger partial charge in [0.25, 0.3) is 5.91 Å². The number of fused-ring (bicyclic) bond motifs is 1. The Morgan fingerprint density at radius 2 is 1.69 bits per heavy atom. The lowest BCUT2D eigenvalue weighted by Crippen LogP contribution is -2.46. The number of benzene rings is 3. The van der Waals surface area contributed by atoms with Crippen molar-refractivity contribution in [2.45, 2.75) is 62.6 Å². The number of carbonyl (C=O) groups excluding carboxylic acids is 1. The summed E-state index contributed by atoms with van der Waals surface area (Å²) in [7, 11) is -3.51. The number of hydrogen-bond acceptors (Lipinski definition) is 6. The first kappa shape index (κ1) is 31.9. The molecule has 1 atom stereocenters. The SMILES string of the molecule is C[C@H](NC(=O)c1c(CN2CCC(N3CCCCC3)CC2)c(-c2cccc(Br)c2)nc2ccc(S(C)(=O)=O)cc12)c1ccccc1. The molecule has 0 aliphatic carbocycles. The Kier molecular flexibility index (Phi) is 9.71. The minimum Gasteiger partial charge on any atom is -0.345 e. The number of carbonyl (C=O) groups is 1. The third kappa shape index (κ3) is 7.32. The second-order valence-corrected chi connectivity index (χ2v) is 15.4. The molecule has 0 unspecified atom stereocenters. The Bertz CT molecular complexity index is 1780. The van der Waals surface area contributed by atoms with Gasteiger partial charge >= 0.3 is 0 Å². The highest BCUT2D eigenvalue weighted by Gasteiger charge is 2.29. The molecule has 6 rings (SSSR count). The summed E-state index contributed by atoms with van der Waals surface area (Å²) >= 11 is 3.63. The van der Waals surface area contributed by atoms with E-state index >= 15 is 0 Å². The van der Waals surface area contributed by atoms with E-state index in [0.717, 1.165) is 52.8 Å². The maximum Gasteiger partial charge on any atom is 0.252 e. The molecule has 7 nitrogen and oxygen atoms in total. The Labute approximate surface area is 275 Å². The van der Waals surface area contributed by atoms with Crippen LogP contribution in [0.3, 0.4) is 0 Å². The Hall–Kier alpha value is -3.11. The molecule has 2 aliphatic rings. The average Bonchev–Trinajstić information content (AvgIpc) is 3.04. The molecular formula is C36H41BrN4O3S. The van der Waals surface area contributed by atoms with Gasteiger partial charge in [0.1, 0.15) is 0 Å². The number of amides is 1. The second kappa shape index (κ2) is 13.7. The van der Waals surface area contributed by atoms with Crippen LogP contribution in [0.15, 0.2) is 82.2 Å². The third-order valence-electron chi connectivity index (χ3n) is 9.30. The molecule has 0 radical (unpaired) electrons. The smallest absolute Gasteiger partial charge is 0.252 e. The molecule has 0 spiro atoms. The molecule has 45 heavy (non-hydrogen) atoms. The zero-order chi connectivity index (χ0) is 31.6. The largest absolute Gasteiger partial charge is 0.345 e. The van der Waals surface area contributed by atoms with Gasteiger partial charge in [-0.3, -0.25) is 9.69 Å². The van der Waals surface area contributed by atoms with Gasteiger partial charge in [0, 0.05) is 39.8 Å². The van der Waals surface area contributed by atoms with Crippen molar-refractivity contribution >= 4 is 42.6 Å². The van der Waals surface area contributed by atoms with E-state index < -0.39 is 9.84 Å². The summed E-state index contributed by atoms with van der Waals surface area (Å²) in [5.41, 5.74) is 4.53. The molecule has 236 valence electrons. The summed E-state index contributed by atoms with van der Waals surface area (Å²) in [5, 5.41) is 3.78. The highest BCUT2D eigenvalue weighted by Crippen LogP contribution is 2.35. The van der Waals surface area contributed by atoms with Gasteiger partial charge in [-0.2, -0.15) is 0 Å². The number of nitrogens with one attached hydrogen (secondary N) is 1. The molecule has 0 saturated carbocycles. The van der Waals surface area contributed by atoms with Crippen molar-refractivity contribution in [1.82, 2.24) is 20.1 Å². The fraction of sp³-hybridized carbons (Fsp3) is 0.389. The molecule has 1 aromatic heterocycles. The van der Waals surface area contributed by atoms with E-state index in [-0.39, 0.29) is 16.8 Å². The molecule has 2 aliphatic heterocycles. The van der Waals surface area contributed by atoms with Crippen LogP contribution in [0.1, 0.15) is 66.6 Å². The van der Waals surface area contributed by atoms with E-state index in [1.54, 1.807) is 18.2 Å². The fourth-order valence-electron chi connectivity index (χ4n) is 6.84. The van der Waals surface area contributed by atoms with Crippen molar-refractivity contribution in [2.24, 2.45) is 0 Å². The van der Waals surface area contributed by atoms with Gasteiger partial charge < -0.3 is 10.2 Å². The number of sulfone groups is 1. The minimum absolute atomic E-state index is 0.172. The van der Waals surface area contributed by atoms with Crippen molar-refractivity contribution in [3.63, 3.8) is 0 Å². The van der Waals surface area contributed by atoms with Crippen LogP contribution in [0.4, 0.5) is 0 Å². The van der Waals surface area contributed by atoms with E-state index in [2.05, 4.69) is 31.0 Å². The number of likely N-dealkylation sites (tertiary alicyclic amines) is 2. The average molecular weight is 690 g/mol. The number of pyridine rings is 1. The summed E-state index contributed by atoms with van der Waals surface area (Å²) in [4.78, 5) is 24.8. The second-order valence-electron chi connectivity index (χ2n) is 12.5. The zero-order valence-electron chi connectivity index (χ0n) is 26.0. The zero-order valence-corrected chi connectivity index (χ0v) is 28.4. The molecular weight excluding hydrogens is 648 g/mol. The van der Waals surface area contributed by atoms with Crippen LogP contribution in [0.5, 0.6) is 0 Å². The number of halogens is 1. The molecule has 4 aromatic rings. The molecule has 1 N–H and O–H groups in total. The lowest BCUT2D eigenvalue weighted by atomic mass is 9.94. The van der Waals surface area contributed by atoms with Gasteiger partial charge in [0.15, 0.2) is 9.84 Å². The fourth-order valence-corrected chi connectivity index (χ4v) is 7.89. The van der Waals surface area contributed by atoms with Crippen LogP contribution >= 0.6 is 15.9 Å². The van der Waals surface area contributed by atoms with E-state index in [0.29, 0.717) is 29.1 Å². The number of nitrogens with zero attached hydrogens (tertiary/aromatic N) is 3. The molecule has 2 fully saturated rings. The van der Waals surface area contributed by atoms with Gasteiger partial charge in [-0.15, -0.1) is 0 Å². The van der Waals surface area contributed by atoms with E-state index in [9.17, 15) is 13.2 Å². The van der Waals surface area contributed by atoms with Crippen LogP contribution in [0, 0.1) is 0 Å². The van der Waals surface area contributed by atoms with Crippen LogP contribution in [0.2, 0.25) is 0 Å². The van der Waals surface area contributed by atoms with Crippen LogP contribution in [0.25, 0.3) is 22.2 Å². The predicted octanol–water partition coefficient (Wildman–Crippen LogP) is 7.01. The van der Waals surface area contributed by atoms with Crippen molar-refractivity contribution in [3.05, 3.63) is 94.0 Å².